The molecule has 0 saturated carbocycles. The van der Waals surface area contributed by atoms with Crippen molar-refractivity contribution in [3.05, 3.63) is 18.2 Å². The molecule has 0 fully saturated rings. The third kappa shape index (κ3) is 3.61. The minimum absolute atomic E-state index is 0.00212. The average Bonchev–Trinajstić information content (AvgIpc) is 2.43. The van der Waals surface area contributed by atoms with Crippen LogP contribution in [0.3, 0.4) is 0 Å². The Morgan fingerprint density at radius 3 is 2.60 bits per heavy atom. The van der Waals surface area contributed by atoms with Crippen LogP contribution in [-0.2, 0) is 14.8 Å². The van der Waals surface area contributed by atoms with Gasteiger partial charge in [0, 0.05) is 33.1 Å². The van der Waals surface area contributed by atoms with E-state index in [0.717, 1.165) is 4.31 Å². The quantitative estimate of drug-likeness (QED) is 0.722. The maximum Gasteiger partial charge on any atom is 0.244 e. The van der Waals surface area contributed by atoms with Crippen molar-refractivity contribution in [3.63, 3.8) is 0 Å². The maximum atomic E-state index is 12.3. The Balaban J connectivity index is 2.95. The summed E-state index contributed by atoms with van der Waals surface area (Å²) in [6.07, 6.45) is 0.0856. The summed E-state index contributed by atoms with van der Waals surface area (Å²) in [7, 11) is 0.648. The highest BCUT2D eigenvalue weighted by Crippen LogP contribution is 2.25. The normalized spacial score (nSPS) is 11.4. The maximum absolute atomic E-state index is 12.3. The molecular weight excluding hydrogens is 282 g/mol. The molecule has 1 rings (SSSR count). The smallest absolute Gasteiger partial charge is 0.244 e. The molecule has 0 heterocycles. The third-order valence-corrected chi connectivity index (χ3v) is 4.77. The van der Waals surface area contributed by atoms with Crippen LogP contribution in [0.15, 0.2) is 23.1 Å². The number of nitrogens with zero attached hydrogens (tertiary/aromatic N) is 1. The van der Waals surface area contributed by atoms with Crippen molar-refractivity contribution in [2.75, 3.05) is 33.5 Å². The molecule has 7 nitrogen and oxygen atoms in total. The van der Waals surface area contributed by atoms with Gasteiger partial charge in [-0.2, -0.15) is 0 Å². The molecule has 0 radical (unpaired) electrons. The average molecular weight is 301 g/mol. The van der Waals surface area contributed by atoms with E-state index >= 15 is 0 Å². The van der Waals surface area contributed by atoms with Crippen molar-refractivity contribution in [3.8, 4) is 5.75 Å². The Morgan fingerprint density at radius 2 is 2.10 bits per heavy atom. The van der Waals surface area contributed by atoms with E-state index < -0.39 is 10.0 Å². The molecule has 0 aliphatic heterocycles. The second-order valence-corrected chi connectivity index (χ2v) is 6.17. The molecule has 20 heavy (non-hydrogen) atoms. The van der Waals surface area contributed by atoms with E-state index in [9.17, 15) is 13.2 Å². The number of nitrogen functional groups attached to an aromatic ring is 1. The van der Waals surface area contributed by atoms with E-state index in [1.165, 1.54) is 39.4 Å². The molecule has 0 saturated heterocycles. The third-order valence-electron chi connectivity index (χ3n) is 2.84. The number of carbonyl (C=O) groups is 1. The van der Waals surface area contributed by atoms with Gasteiger partial charge >= 0.3 is 0 Å². The minimum Gasteiger partial charge on any atom is -0.497 e. The second kappa shape index (κ2) is 6.58. The number of nitrogens with two attached hydrogens (primary N) is 1. The number of carbonyl (C=O) groups excluding carboxylic acids is 1. The fraction of sp³-hybridized carbons (Fsp3) is 0.417. The van der Waals surface area contributed by atoms with Gasteiger partial charge in [-0.25, -0.2) is 12.7 Å². The summed E-state index contributed by atoms with van der Waals surface area (Å²) in [4.78, 5) is 11.2. The standard InChI is InChI=1S/C12H19N3O4S/c1-14-12(16)6-7-15(2)20(17,18)11-5-4-9(19-3)8-10(11)13/h4-5,8H,6-7,13H2,1-3H3,(H,14,16). The number of rotatable bonds is 6. The molecule has 112 valence electrons. The van der Waals surface area contributed by atoms with Crippen LogP contribution in [-0.4, -0.2) is 46.4 Å². The fourth-order valence-corrected chi connectivity index (χ4v) is 2.82. The molecule has 0 atom stereocenters. The summed E-state index contributed by atoms with van der Waals surface area (Å²) >= 11 is 0. The van der Waals surface area contributed by atoms with Crippen molar-refractivity contribution in [2.45, 2.75) is 11.3 Å². The molecule has 1 aromatic carbocycles. The number of methoxy groups -OCH3 is 1. The Hall–Kier alpha value is -1.80. The largest absolute Gasteiger partial charge is 0.497 e. The molecule has 0 aliphatic rings. The number of hydrogen-bond acceptors (Lipinski definition) is 5. The molecule has 0 aromatic heterocycles. The zero-order chi connectivity index (χ0) is 15.3. The van der Waals surface area contributed by atoms with Crippen LogP contribution < -0.4 is 15.8 Å². The molecule has 0 aliphatic carbocycles. The van der Waals surface area contributed by atoms with Gasteiger partial charge in [0.1, 0.15) is 10.6 Å². The molecule has 1 amide bonds. The van der Waals surface area contributed by atoms with Crippen LogP contribution in [0.1, 0.15) is 6.42 Å². The molecule has 1 aromatic rings. The number of nitrogens with one attached hydrogen (secondary N) is 1. The van der Waals surface area contributed by atoms with Crippen LogP contribution in [0.5, 0.6) is 5.75 Å². The monoisotopic (exact) mass is 301 g/mol. The first kappa shape index (κ1) is 16.3. The van der Waals surface area contributed by atoms with Crippen LogP contribution in [0, 0.1) is 0 Å². The summed E-state index contributed by atoms with van der Waals surface area (Å²) in [6.45, 7) is 0.0769. The highest BCUT2D eigenvalue weighted by Gasteiger charge is 2.23. The van der Waals surface area contributed by atoms with Crippen LogP contribution in [0.25, 0.3) is 0 Å². The Bertz CT molecular complexity index is 586. The number of hydrogen-bond donors (Lipinski definition) is 2. The first-order valence-electron chi connectivity index (χ1n) is 5.93. The Labute approximate surface area is 118 Å². The van der Waals surface area contributed by atoms with Gasteiger partial charge in [-0.15, -0.1) is 0 Å². The van der Waals surface area contributed by atoms with Crippen molar-refractivity contribution in [2.24, 2.45) is 0 Å². The van der Waals surface area contributed by atoms with Crippen molar-refractivity contribution >= 4 is 21.6 Å². The number of amides is 1. The predicted molar refractivity (Wildman–Crippen MR) is 75.9 cm³/mol. The van der Waals surface area contributed by atoms with Crippen LogP contribution in [0.2, 0.25) is 0 Å². The van der Waals surface area contributed by atoms with Gasteiger partial charge in [0.25, 0.3) is 0 Å². The fourth-order valence-electron chi connectivity index (χ4n) is 1.56. The molecule has 0 bridgehead atoms. The van der Waals surface area contributed by atoms with E-state index in [-0.39, 0.29) is 29.5 Å². The van der Waals surface area contributed by atoms with Crippen molar-refractivity contribution in [1.82, 2.24) is 9.62 Å². The number of anilines is 1. The molecule has 0 unspecified atom stereocenters. The van der Waals surface area contributed by atoms with E-state index in [1.807, 2.05) is 0 Å². The van der Waals surface area contributed by atoms with E-state index in [4.69, 9.17) is 10.5 Å². The van der Waals surface area contributed by atoms with Gasteiger partial charge in [0.05, 0.1) is 12.8 Å². The van der Waals surface area contributed by atoms with Gasteiger partial charge in [0.2, 0.25) is 15.9 Å². The molecular formula is C12H19N3O4S. The highest BCUT2D eigenvalue weighted by atomic mass is 32.2. The summed E-state index contributed by atoms with van der Waals surface area (Å²) in [5.41, 5.74) is 5.85. The van der Waals surface area contributed by atoms with Gasteiger partial charge in [0.15, 0.2) is 0 Å². The van der Waals surface area contributed by atoms with Crippen LogP contribution in [0.4, 0.5) is 5.69 Å². The first-order chi connectivity index (χ1) is 9.32. The molecule has 8 heteroatoms. The lowest BCUT2D eigenvalue weighted by Crippen LogP contribution is -2.31. The summed E-state index contributed by atoms with van der Waals surface area (Å²) in [5.74, 6) is 0.254. The lowest BCUT2D eigenvalue weighted by Gasteiger charge is -2.18. The van der Waals surface area contributed by atoms with E-state index in [2.05, 4.69) is 5.32 Å². The zero-order valence-electron chi connectivity index (χ0n) is 11.7. The van der Waals surface area contributed by atoms with Crippen molar-refractivity contribution < 1.29 is 17.9 Å². The second-order valence-electron chi connectivity index (χ2n) is 4.15. The van der Waals surface area contributed by atoms with Crippen molar-refractivity contribution in [1.29, 1.82) is 0 Å². The van der Waals surface area contributed by atoms with Gasteiger partial charge < -0.3 is 15.8 Å². The zero-order valence-corrected chi connectivity index (χ0v) is 12.5. The van der Waals surface area contributed by atoms with Gasteiger partial charge in [-0.1, -0.05) is 0 Å². The lowest BCUT2D eigenvalue weighted by atomic mass is 10.3. The number of ether oxygens (including phenoxy) is 1. The Morgan fingerprint density at radius 1 is 1.45 bits per heavy atom. The van der Waals surface area contributed by atoms with Crippen LogP contribution >= 0.6 is 0 Å². The summed E-state index contributed by atoms with van der Waals surface area (Å²) in [5, 5.41) is 2.44. The van der Waals surface area contributed by atoms with E-state index in [1.54, 1.807) is 0 Å². The number of benzene rings is 1. The summed E-state index contributed by atoms with van der Waals surface area (Å²) < 4.78 is 30.7. The molecule has 3 N–H and O–H groups in total. The number of sulfonamides is 1. The predicted octanol–water partition coefficient (Wildman–Crippen LogP) is 0.0340. The minimum atomic E-state index is -3.73. The van der Waals surface area contributed by atoms with Gasteiger partial charge in [-0.3, -0.25) is 4.79 Å². The van der Waals surface area contributed by atoms with Gasteiger partial charge in [-0.05, 0) is 12.1 Å². The van der Waals surface area contributed by atoms with E-state index in [0.29, 0.717) is 5.75 Å². The first-order valence-corrected chi connectivity index (χ1v) is 7.37. The lowest BCUT2D eigenvalue weighted by molar-refractivity contribution is -0.120. The SMILES string of the molecule is CNC(=O)CCN(C)S(=O)(=O)c1ccc(OC)cc1N. The highest BCUT2D eigenvalue weighted by molar-refractivity contribution is 7.89. The molecule has 0 spiro atoms. The Kier molecular flexibility index (Phi) is 5.34. The summed E-state index contributed by atoms with van der Waals surface area (Å²) in [6, 6.07) is 4.36. The topological polar surface area (TPSA) is 102 Å².